The number of hydrogen-bond acceptors (Lipinski definition) is 2. The van der Waals surface area contributed by atoms with Gasteiger partial charge in [-0.2, -0.15) is 0 Å². The largest absolute Gasteiger partial charge is 0.469 e. The molecule has 0 saturated heterocycles. The van der Waals surface area contributed by atoms with E-state index >= 15 is 0 Å². The molecule has 2 heteroatoms. The van der Waals surface area contributed by atoms with Crippen LogP contribution in [0.2, 0.25) is 0 Å². The molecule has 0 fully saturated rings. The molecule has 0 spiro atoms. The Bertz CT molecular complexity index is 150. The fourth-order valence-corrected chi connectivity index (χ4v) is 1.39. The van der Waals surface area contributed by atoms with Crippen molar-refractivity contribution in [2.75, 3.05) is 7.11 Å². The van der Waals surface area contributed by atoms with E-state index in [-0.39, 0.29) is 11.9 Å². The smallest absolute Gasteiger partial charge is 0.308 e. The SMILES string of the molecule is COC(=O)C(CCC(C)C)C(C)C. The zero-order valence-electron chi connectivity index (χ0n) is 9.46. The van der Waals surface area contributed by atoms with Crippen molar-refractivity contribution in [3.63, 3.8) is 0 Å². The lowest BCUT2D eigenvalue weighted by atomic mass is 9.89. The van der Waals surface area contributed by atoms with Gasteiger partial charge in [0.1, 0.15) is 0 Å². The lowest BCUT2D eigenvalue weighted by Crippen LogP contribution is -2.22. The zero-order chi connectivity index (χ0) is 10.4. The molecule has 0 amide bonds. The highest BCUT2D eigenvalue weighted by Crippen LogP contribution is 2.21. The van der Waals surface area contributed by atoms with Crippen LogP contribution in [-0.4, -0.2) is 13.1 Å². The average Bonchev–Trinajstić information content (AvgIpc) is 2.03. The number of carbonyl (C=O) groups excluding carboxylic acids is 1. The maximum atomic E-state index is 11.3. The van der Waals surface area contributed by atoms with Gasteiger partial charge in [-0.3, -0.25) is 4.79 Å². The van der Waals surface area contributed by atoms with Crippen molar-refractivity contribution >= 4 is 5.97 Å². The van der Waals surface area contributed by atoms with Gasteiger partial charge in [0.05, 0.1) is 13.0 Å². The van der Waals surface area contributed by atoms with Crippen LogP contribution in [0.1, 0.15) is 40.5 Å². The van der Waals surface area contributed by atoms with Gasteiger partial charge in [-0.1, -0.05) is 34.1 Å². The molecule has 0 rings (SSSR count). The Balaban J connectivity index is 4.03. The van der Waals surface area contributed by atoms with Gasteiger partial charge in [0.2, 0.25) is 0 Å². The standard InChI is InChI=1S/C11H22O2/c1-8(2)6-7-10(9(3)4)11(12)13-5/h8-10H,6-7H2,1-5H3. The second-order valence-corrected chi connectivity index (χ2v) is 4.34. The summed E-state index contributed by atoms with van der Waals surface area (Å²) in [5.74, 6) is 1.06. The number of methoxy groups -OCH3 is 1. The van der Waals surface area contributed by atoms with E-state index in [0.717, 1.165) is 12.8 Å². The molecular formula is C11H22O2. The number of carbonyl (C=O) groups is 1. The molecule has 0 N–H and O–H groups in total. The van der Waals surface area contributed by atoms with E-state index in [9.17, 15) is 4.79 Å². The first-order valence-electron chi connectivity index (χ1n) is 5.06. The number of esters is 1. The van der Waals surface area contributed by atoms with Gasteiger partial charge in [-0.05, 0) is 18.3 Å². The van der Waals surface area contributed by atoms with E-state index < -0.39 is 0 Å². The van der Waals surface area contributed by atoms with E-state index in [2.05, 4.69) is 27.7 Å². The lowest BCUT2D eigenvalue weighted by molar-refractivity contribution is -0.147. The molecule has 13 heavy (non-hydrogen) atoms. The minimum absolute atomic E-state index is 0.0596. The van der Waals surface area contributed by atoms with Crippen LogP contribution in [0.4, 0.5) is 0 Å². The van der Waals surface area contributed by atoms with Gasteiger partial charge in [0, 0.05) is 0 Å². The maximum Gasteiger partial charge on any atom is 0.308 e. The molecule has 0 aliphatic rings. The second-order valence-electron chi connectivity index (χ2n) is 4.34. The Hall–Kier alpha value is -0.530. The van der Waals surface area contributed by atoms with Crippen molar-refractivity contribution in [1.29, 1.82) is 0 Å². The van der Waals surface area contributed by atoms with Crippen molar-refractivity contribution in [2.24, 2.45) is 17.8 Å². The zero-order valence-corrected chi connectivity index (χ0v) is 9.46. The summed E-state index contributed by atoms with van der Waals surface area (Å²) in [5, 5.41) is 0. The second kappa shape index (κ2) is 6.01. The Morgan fingerprint density at radius 2 is 1.69 bits per heavy atom. The molecule has 0 aromatic rings. The molecule has 0 saturated carbocycles. The third-order valence-electron chi connectivity index (χ3n) is 2.36. The Morgan fingerprint density at radius 1 is 1.15 bits per heavy atom. The highest BCUT2D eigenvalue weighted by Gasteiger charge is 2.22. The van der Waals surface area contributed by atoms with Crippen LogP contribution in [0.15, 0.2) is 0 Å². The summed E-state index contributed by atoms with van der Waals surface area (Å²) in [4.78, 5) is 11.3. The Kier molecular flexibility index (Phi) is 5.76. The third-order valence-corrected chi connectivity index (χ3v) is 2.36. The van der Waals surface area contributed by atoms with Gasteiger partial charge in [0.15, 0.2) is 0 Å². The average molecular weight is 186 g/mol. The van der Waals surface area contributed by atoms with E-state index in [0.29, 0.717) is 11.8 Å². The number of ether oxygens (including phenoxy) is 1. The van der Waals surface area contributed by atoms with Crippen LogP contribution >= 0.6 is 0 Å². The molecule has 0 aliphatic heterocycles. The predicted molar refractivity (Wildman–Crippen MR) is 54.4 cm³/mol. The molecule has 0 radical (unpaired) electrons. The topological polar surface area (TPSA) is 26.3 Å². The van der Waals surface area contributed by atoms with Crippen LogP contribution in [-0.2, 0) is 9.53 Å². The molecule has 0 bridgehead atoms. The van der Waals surface area contributed by atoms with Gasteiger partial charge >= 0.3 is 5.97 Å². The van der Waals surface area contributed by atoms with E-state index in [4.69, 9.17) is 4.74 Å². The first-order valence-corrected chi connectivity index (χ1v) is 5.06. The van der Waals surface area contributed by atoms with Gasteiger partial charge in [-0.25, -0.2) is 0 Å². The van der Waals surface area contributed by atoms with E-state index in [1.807, 2.05) is 0 Å². The van der Waals surface area contributed by atoms with E-state index in [1.165, 1.54) is 7.11 Å². The van der Waals surface area contributed by atoms with Crippen LogP contribution in [0.5, 0.6) is 0 Å². The molecule has 0 aliphatic carbocycles. The minimum Gasteiger partial charge on any atom is -0.469 e. The quantitative estimate of drug-likeness (QED) is 0.617. The summed E-state index contributed by atoms with van der Waals surface area (Å²) in [5.41, 5.74) is 0. The molecule has 0 aromatic carbocycles. The minimum atomic E-state index is -0.0596. The number of hydrogen-bond donors (Lipinski definition) is 0. The molecular weight excluding hydrogens is 164 g/mol. The number of rotatable bonds is 5. The first-order chi connectivity index (χ1) is 5.99. The summed E-state index contributed by atoms with van der Waals surface area (Å²) < 4.78 is 4.77. The molecule has 1 unspecified atom stereocenters. The highest BCUT2D eigenvalue weighted by atomic mass is 16.5. The van der Waals surface area contributed by atoms with Crippen LogP contribution in [0, 0.1) is 17.8 Å². The van der Waals surface area contributed by atoms with Gasteiger partial charge in [0.25, 0.3) is 0 Å². The summed E-state index contributed by atoms with van der Waals surface area (Å²) >= 11 is 0. The van der Waals surface area contributed by atoms with Crippen molar-refractivity contribution < 1.29 is 9.53 Å². The van der Waals surface area contributed by atoms with Crippen LogP contribution < -0.4 is 0 Å². The lowest BCUT2D eigenvalue weighted by Gasteiger charge is -2.18. The first kappa shape index (κ1) is 12.5. The molecule has 2 nitrogen and oxygen atoms in total. The molecule has 0 heterocycles. The molecule has 1 atom stereocenters. The fraction of sp³-hybridized carbons (Fsp3) is 0.909. The van der Waals surface area contributed by atoms with Crippen molar-refractivity contribution in [1.82, 2.24) is 0 Å². The summed E-state index contributed by atoms with van der Waals surface area (Å²) in [6, 6.07) is 0. The van der Waals surface area contributed by atoms with Gasteiger partial charge in [-0.15, -0.1) is 0 Å². The summed E-state index contributed by atoms with van der Waals surface area (Å²) in [7, 11) is 1.47. The van der Waals surface area contributed by atoms with E-state index in [1.54, 1.807) is 0 Å². The van der Waals surface area contributed by atoms with Crippen molar-refractivity contribution in [3.8, 4) is 0 Å². The molecule has 0 aromatic heterocycles. The van der Waals surface area contributed by atoms with Crippen LogP contribution in [0.25, 0.3) is 0 Å². The fourth-order valence-electron chi connectivity index (χ4n) is 1.39. The van der Waals surface area contributed by atoms with Crippen molar-refractivity contribution in [3.05, 3.63) is 0 Å². The maximum absolute atomic E-state index is 11.3. The van der Waals surface area contributed by atoms with Gasteiger partial charge < -0.3 is 4.74 Å². The predicted octanol–water partition coefficient (Wildman–Crippen LogP) is 2.87. The summed E-state index contributed by atoms with van der Waals surface area (Å²) in [6.07, 6.45) is 2.04. The Labute approximate surface area is 81.7 Å². The van der Waals surface area contributed by atoms with Crippen LogP contribution in [0.3, 0.4) is 0 Å². The Morgan fingerprint density at radius 3 is 2.00 bits per heavy atom. The third kappa shape index (κ3) is 4.91. The monoisotopic (exact) mass is 186 g/mol. The van der Waals surface area contributed by atoms with Crippen molar-refractivity contribution in [2.45, 2.75) is 40.5 Å². The highest BCUT2D eigenvalue weighted by molar-refractivity contribution is 5.72. The summed E-state index contributed by atoms with van der Waals surface area (Å²) in [6.45, 7) is 8.49. The normalized spacial score (nSPS) is 13.5. The molecule has 78 valence electrons.